The average molecular weight is 168 g/mol. The Morgan fingerprint density at radius 3 is 2.67 bits per heavy atom. The summed E-state index contributed by atoms with van der Waals surface area (Å²) in [5, 5.41) is 8.69. The minimum Gasteiger partial charge on any atom is -0.478 e. The second kappa shape index (κ2) is 3.74. The van der Waals surface area contributed by atoms with Crippen LogP contribution in [0.2, 0.25) is 0 Å². The molecule has 1 atom stereocenters. The first-order valence-electron chi connectivity index (χ1n) is 4.53. The Labute approximate surface area is 73.3 Å². The lowest BCUT2D eigenvalue weighted by Gasteiger charge is -2.23. The highest BCUT2D eigenvalue weighted by Crippen LogP contribution is 2.28. The minimum atomic E-state index is -0.739. The minimum absolute atomic E-state index is 0.604. The summed E-state index contributed by atoms with van der Waals surface area (Å²) in [6.07, 6.45) is 4.61. The van der Waals surface area contributed by atoms with Gasteiger partial charge in [-0.15, -0.1) is 0 Å². The van der Waals surface area contributed by atoms with Crippen LogP contribution in [0.3, 0.4) is 0 Å². The Balaban J connectivity index is 2.53. The lowest BCUT2D eigenvalue weighted by atomic mass is 9.82. The molecule has 1 N–H and O–H groups in total. The van der Waals surface area contributed by atoms with Crippen molar-refractivity contribution in [2.75, 3.05) is 0 Å². The Hall–Kier alpha value is -0.790. The molecule has 1 aliphatic rings. The third kappa shape index (κ3) is 2.10. The van der Waals surface area contributed by atoms with Crippen molar-refractivity contribution in [3.8, 4) is 0 Å². The fraction of sp³-hybridized carbons (Fsp3) is 0.700. The molecule has 0 radical (unpaired) electrons. The van der Waals surface area contributed by atoms with Gasteiger partial charge in [0.2, 0.25) is 0 Å². The molecule has 0 aromatic heterocycles. The quantitative estimate of drug-likeness (QED) is 0.687. The van der Waals surface area contributed by atoms with Gasteiger partial charge in [-0.2, -0.15) is 0 Å². The van der Waals surface area contributed by atoms with E-state index in [1.54, 1.807) is 0 Å². The zero-order valence-corrected chi connectivity index (χ0v) is 7.71. The summed E-state index contributed by atoms with van der Waals surface area (Å²) in [6.45, 7) is 4.40. The Bertz CT molecular complexity index is 204. The topological polar surface area (TPSA) is 37.3 Å². The van der Waals surface area contributed by atoms with Gasteiger partial charge in [0.25, 0.3) is 0 Å². The molecule has 1 aliphatic carbocycles. The van der Waals surface area contributed by atoms with E-state index in [1.807, 2.05) is 6.08 Å². The summed E-state index contributed by atoms with van der Waals surface area (Å²) >= 11 is 0. The maximum atomic E-state index is 10.6. The van der Waals surface area contributed by atoms with Crippen molar-refractivity contribution in [1.82, 2.24) is 0 Å². The van der Waals surface area contributed by atoms with E-state index in [4.69, 9.17) is 5.11 Å². The van der Waals surface area contributed by atoms with Crippen molar-refractivity contribution in [1.29, 1.82) is 0 Å². The molecule has 0 amide bonds. The van der Waals surface area contributed by atoms with Crippen molar-refractivity contribution in [3.05, 3.63) is 11.6 Å². The fourth-order valence-corrected chi connectivity index (χ4v) is 1.65. The standard InChI is InChI=1S/C10H16O2/c1-7(2)8-3-5-9(6-4-8)10(11)12/h5,7-8H,3-4,6H2,1-2H3,(H,11,12)/t8-/m0/s1. The van der Waals surface area contributed by atoms with Crippen LogP contribution in [0, 0.1) is 11.8 Å². The number of carboxylic acids is 1. The van der Waals surface area contributed by atoms with Gasteiger partial charge in [-0.25, -0.2) is 4.79 Å². The summed E-state index contributed by atoms with van der Waals surface area (Å²) in [5.74, 6) is 0.627. The smallest absolute Gasteiger partial charge is 0.331 e. The molecule has 0 aromatic rings. The molecule has 0 spiro atoms. The SMILES string of the molecule is CC(C)[C@H]1CC=C(C(=O)O)CC1. The number of aliphatic carboxylic acids is 1. The molecule has 0 aromatic carbocycles. The van der Waals surface area contributed by atoms with E-state index in [0.717, 1.165) is 19.3 Å². The molecule has 0 aliphatic heterocycles. The van der Waals surface area contributed by atoms with Gasteiger partial charge >= 0.3 is 5.97 Å². The lowest BCUT2D eigenvalue weighted by Crippen LogP contribution is -2.15. The molecule has 68 valence electrons. The molecular formula is C10H16O2. The van der Waals surface area contributed by atoms with Gasteiger partial charge in [0.15, 0.2) is 0 Å². The van der Waals surface area contributed by atoms with Crippen LogP contribution in [-0.4, -0.2) is 11.1 Å². The van der Waals surface area contributed by atoms with Gasteiger partial charge in [-0.3, -0.25) is 0 Å². The van der Waals surface area contributed by atoms with Gasteiger partial charge in [0.1, 0.15) is 0 Å². The molecule has 0 heterocycles. The van der Waals surface area contributed by atoms with Gasteiger partial charge in [0, 0.05) is 5.57 Å². The number of rotatable bonds is 2. The first kappa shape index (κ1) is 9.30. The first-order valence-corrected chi connectivity index (χ1v) is 4.53. The van der Waals surface area contributed by atoms with E-state index in [0.29, 0.717) is 17.4 Å². The molecule has 12 heavy (non-hydrogen) atoms. The summed E-state index contributed by atoms with van der Waals surface area (Å²) < 4.78 is 0. The van der Waals surface area contributed by atoms with Crippen molar-refractivity contribution >= 4 is 5.97 Å². The summed E-state index contributed by atoms with van der Waals surface area (Å²) in [5.41, 5.74) is 0.604. The zero-order chi connectivity index (χ0) is 9.14. The molecular weight excluding hydrogens is 152 g/mol. The van der Waals surface area contributed by atoms with Crippen LogP contribution in [0.5, 0.6) is 0 Å². The molecule has 0 saturated carbocycles. The zero-order valence-electron chi connectivity index (χ0n) is 7.71. The Kier molecular flexibility index (Phi) is 2.90. The van der Waals surface area contributed by atoms with Crippen LogP contribution < -0.4 is 0 Å². The number of allylic oxidation sites excluding steroid dienone is 1. The highest BCUT2D eigenvalue weighted by atomic mass is 16.4. The van der Waals surface area contributed by atoms with Gasteiger partial charge in [0.05, 0.1) is 0 Å². The number of carboxylic acid groups (broad SMARTS) is 1. The van der Waals surface area contributed by atoms with Crippen LogP contribution in [0.25, 0.3) is 0 Å². The van der Waals surface area contributed by atoms with Crippen LogP contribution >= 0.6 is 0 Å². The maximum absolute atomic E-state index is 10.6. The highest BCUT2D eigenvalue weighted by molar-refractivity contribution is 5.86. The van der Waals surface area contributed by atoms with Crippen molar-refractivity contribution in [3.63, 3.8) is 0 Å². The highest BCUT2D eigenvalue weighted by Gasteiger charge is 2.19. The third-order valence-electron chi connectivity index (χ3n) is 2.67. The normalized spacial score (nSPS) is 23.9. The monoisotopic (exact) mass is 168 g/mol. The summed E-state index contributed by atoms with van der Waals surface area (Å²) in [7, 11) is 0. The van der Waals surface area contributed by atoms with Crippen LogP contribution in [-0.2, 0) is 4.79 Å². The molecule has 0 unspecified atom stereocenters. The lowest BCUT2D eigenvalue weighted by molar-refractivity contribution is -0.133. The Morgan fingerprint density at radius 1 is 1.67 bits per heavy atom. The van der Waals surface area contributed by atoms with E-state index >= 15 is 0 Å². The second-order valence-corrected chi connectivity index (χ2v) is 3.81. The largest absolute Gasteiger partial charge is 0.478 e. The van der Waals surface area contributed by atoms with Crippen molar-refractivity contribution in [2.45, 2.75) is 33.1 Å². The second-order valence-electron chi connectivity index (χ2n) is 3.81. The molecule has 0 bridgehead atoms. The number of hydrogen-bond donors (Lipinski definition) is 1. The number of hydrogen-bond acceptors (Lipinski definition) is 1. The van der Waals surface area contributed by atoms with Crippen LogP contribution in [0.1, 0.15) is 33.1 Å². The third-order valence-corrected chi connectivity index (χ3v) is 2.67. The predicted octanol–water partition coefficient (Wildman–Crippen LogP) is 2.45. The predicted molar refractivity (Wildman–Crippen MR) is 47.9 cm³/mol. The average Bonchev–Trinajstić information content (AvgIpc) is 2.04. The van der Waals surface area contributed by atoms with E-state index in [9.17, 15) is 4.79 Å². The van der Waals surface area contributed by atoms with Crippen LogP contribution in [0.15, 0.2) is 11.6 Å². The van der Waals surface area contributed by atoms with E-state index < -0.39 is 5.97 Å². The Morgan fingerprint density at radius 2 is 2.33 bits per heavy atom. The van der Waals surface area contributed by atoms with E-state index in [1.165, 1.54) is 0 Å². The molecule has 0 fully saturated rings. The molecule has 1 rings (SSSR count). The fourth-order valence-electron chi connectivity index (χ4n) is 1.65. The summed E-state index contributed by atoms with van der Waals surface area (Å²) in [4.78, 5) is 10.6. The first-order chi connectivity index (χ1) is 5.61. The molecule has 2 nitrogen and oxygen atoms in total. The van der Waals surface area contributed by atoms with Crippen molar-refractivity contribution < 1.29 is 9.90 Å². The molecule has 0 saturated heterocycles. The van der Waals surface area contributed by atoms with Crippen molar-refractivity contribution in [2.24, 2.45) is 11.8 Å². The number of carbonyl (C=O) groups is 1. The van der Waals surface area contributed by atoms with Gasteiger partial charge < -0.3 is 5.11 Å². The van der Waals surface area contributed by atoms with E-state index in [2.05, 4.69) is 13.8 Å². The summed E-state index contributed by atoms with van der Waals surface area (Å²) in [6, 6.07) is 0. The van der Waals surface area contributed by atoms with E-state index in [-0.39, 0.29) is 0 Å². The van der Waals surface area contributed by atoms with Crippen LogP contribution in [0.4, 0.5) is 0 Å². The van der Waals surface area contributed by atoms with Gasteiger partial charge in [-0.05, 0) is 31.1 Å². The van der Waals surface area contributed by atoms with Gasteiger partial charge in [-0.1, -0.05) is 19.9 Å². The maximum Gasteiger partial charge on any atom is 0.331 e. The molecule has 2 heteroatoms.